The van der Waals surface area contributed by atoms with E-state index < -0.39 is 24.2 Å². The summed E-state index contributed by atoms with van der Waals surface area (Å²) >= 11 is 0. The maximum absolute atomic E-state index is 13.0. The third-order valence-electron chi connectivity index (χ3n) is 4.38. The number of hydrogen-bond acceptors (Lipinski definition) is 2. The minimum Gasteiger partial charge on any atom is -0.393 e. The smallest absolute Gasteiger partial charge is 0.393 e. The lowest BCUT2D eigenvalue weighted by Gasteiger charge is -2.46. The van der Waals surface area contributed by atoms with Crippen molar-refractivity contribution in [1.82, 2.24) is 4.90 Å². The molecule has 0 amide bonds. The van der Waals surface area contributed by atoms with E-state index in [1.807, 2.05) is 4.90 Å². The van der Waals surface area contributed by atoms with Crippen molar-refractivity contribution in [3.8, 4) is 0 Å². The second-order valence-electron chi connectivity index (χ2n) is 5.43. The molecule has 0 aromatic heterocycles. The molecule has 2 fully saturated rings. The predicted octanol–water partition coefficient (Wildman–Crippen LogP) is 2.56. The van der Waals surface area contributed by atoms with E-state index in [9.17, 15) is 18.3 Å². The van der Waals surface area contributed by atoms with Gasteiger partial charge in [0.05, 0.1) is 12.0 Å². The van der Waals surface area contributed by atoms with E-state index in [-0.39, 0.29) is 25.3 Å². The lowest BCUT2D eigenvalue weighted by atomic mass is 9.79. The first-order valence-electron chi connectivity index (χ1n) is 6.36. The maximum Gasteiger partial charge on any atom is 0.393 e. The third-order valence-corrected chi connectivity index (χ3v) is 4.38. The molecule has 0 aliphatic heterocycles. The molecule has 0 saturated heterocycles. The van der Waals surface area contributed by atoms with Crippen LogP contribution in [0.5, 0.6) is 0 Å². The Kier molecular flexibility index (Phi) is 3.69. The Labute approximate surface area is 99.8 Å². The van der Waals surface area contributed by atoms with Crippen molar-refractivity contribution < 1.29 is 18.3 Å². The van der Waals surface area contributed by atoms with Gasteiger partial charge in [-0.25, -0.2) is 0 Å². The lowest BCUT2D eigenvalue weighted by molar-refractivity contribution is -0.207. The fraction of sp³-hybridized carbons (Fsp3) is 1.00. The van der Waals surface area contributed by atoms with Crippen LogP contribution in [-0.4, -0.2) is 41.4 Å². The number of nitrogens with zero attached hydrogens (tertiary/aromatic N) is 1. The molecular weight excluding hydrogens is 231 g/mol. The summed E-state index contributed by atoms with van der Waals surface area (Å²) in [5.41, 5.74) is 0. The predicted molar refractivity (Wildman–Crippen MR) is 58.6 cm³/mol. The number of rotatable bonds is 2. The standard InChI is InChI=1S/C12H20F3NO/c1-16(8-3-2-4-8)11-7-9(17)5-6-10(11)12(13,14)15/h8-11,17H,2-7H2,1H3. The molecule has 0 heterocycles. The summed E-state index contributed by atoms with van der Waals surface area (Å²) in [4.78, 5) is 1.87. The first kappa shape index (κ1) is 13.1. The lowest BCUT2D eigenvalue weighted by Crippen LogP contribution is -2.53. The molecule has 2 rings (SSSR count). The van der Waals surface area contributed by atoms with Gasteiger partial charge in [-0.2, -0.15) is 13.2 Å². The summed E-state index contributed by atoms with van der Waals surface area (Å²) in [6.45, 7) is 0. The molecule has 2 aliphatic carbocycles. The summed E-state index contributed by atoms with van der Waals surface area (Å²) in [5, 5.41) is 9.59. The first-order valence-corrected chi connectivity index (χ1v) is 6.36. The Morgan fingerprint density at radius 2 is 1.76 bits per heavy atom. The average molecular weight is 251 g/mol. The highest BCUT2D eigenvalue weighted by Gasteiger charge is 2.49. The summed E-state index contributed by atoms with van der Waals surface area (Å²) in [6, 6.07) is -0.251. The molecule has 3 unspecified atom stereocenters. The molecule has 0 aromatic rings. The minimum atomic E-state index is -4.14. The van der Waals surface area contributed by atoms with E-state index in [2.05, 4.69) is 0 Å². The minimum absolute atomic E-state index is 0.0619. The molecule has 0 bridgehead atoms. The highest BCUT2D eigenvalue weighted by molar-refractivity contribution is 4.93. The van der Waals surface area contributed by atoms with E-state index in [1.54, 1.807) is 7.05 Å². The van der Waals surface area contributed by atoms with Crippen LogP contribution < -0.4 is 0 Å². The zero-order chi connectivity index (χ0) is 12.6. The summed E-state index contributed by atoms with van der Waals surface area (Å²) in [5.74, 6) is -1.27. The zero-order valence-electron chi connectivity index (χ0n) is 10.1. The summed E-state index contributed by atoms with van der Waals surface area (Å²) in [7, 11) is 1.78. The molecule has 2 nitrogen and oxygen atoms in total. The Bertz CT molecular complexity index is 265. The van der Waals surface area contributed by atoms with E-state index >= 15 is 0 Å². The van der Waals surface area contributed by atoms with Crippen molar-refractivity contribution in [3.05, 3.63) is 0 Å². The van der Waals surface area contributed by atoms with Crippen molar-refractivity contribution in [1.29, 1.82) is 0 Å². The van der Waals surface area contributed by atoms with Crippen LogP contribution in [0, 0.1) is 5.92 Å². The van der Waals surface area contributed by atoms with Gasteiger partial charge in [-0.05, 0) is 39.2 Å². The number of aliphatic hydroxyl groups excluding tert-OH is 1. The fourth-order valence-corrected chi connectivity index (χ4v) is 3.02. The van der Waals surface area contributed by atoms with Crippen molar-refractivity contribution in [2.45, 2.75) is 62.9 Å². The normalized spacial score (nSPS) is 36.0. The van der Waals surface area contributed by atoms with Crippen LogP contribution in [0.25, 0.3) is 0 Å². The van der Waals surface area contributed by atoms with E-state index in [0.29, 0.717) is 0 Å². The second-order valence-corrected chi connectivity index (χ2v) is 5.43. The Hall–Kier alpha value is -0.290. The monoisotopic (exact) mass is 251 g/mol. The van der Waals surface area contributed by atoms with Gasteiger partial charge in [0, 0.05) is 12.1 Å². The summed E-state index contributed by atoms with van der Waals surface area (Å²) in [6.07, 6.45) is -1.01. The number of hydrogen-bond donors (Lipinski definition) is 1. The van der Waals surface area contributed by atoms with Gasteiger partial charge in [0.2, 0.25) is 0 Å². The van der Waals surface area contributed by atoms with Gasteiger partial charge in [0.25, 0.3) is 0 Å². The molecule has 2 aliphatic rings. The van der Waals surface area contributed by atoms with Gasteiger partial charge < -0.3 is 5.11 Å². The summed E-state index contributed by atoms with van der Waals surface area (Å²) < 4.78 is 38.9. The van der Waals surface area contributed by atoms with Gasteiger partial charge >= 0.3 is 6.18 Å². The van der Waals surface area contributed by atoms with E-state index in [1.165, 1.54) is 0 Å². The Morgan fingerprint density at radius 1 is 1.12 bits per heavy atom. The SMILES string of the molecule is CN(C1CCC1)C1CC(O)CCC1C(F)(F)F. The van der Waals surface area contributed by atoms with E-state index in [4.69, 9.17) is 0 Å². The van der Waals surface area contributed by atoms with Gasteiger partial charge in [-0.1, -0.05) is 6.42 Å². The van der Waals surface area contributed by atoms with Gasteiger partial charge in [-0.15, -0.1) is 0 Å². The molecule has 3 atom stereocenters. The topological polar surface area (TPSA) is 23.5 Å². The maximum atomic E-state index is 13.0. The van der Waals surface area contributed by atoms with Crippen molar-refractivity contribution in [2.75, 3.05) is 7.05 Å². The number of aliphatic hydroxyl groups is 1. The molecule has 0 aromatic carbocycles. The average Bonchev–Trinajstić information content (AvgIpc) is 2.12. The van der Waals surface area contributed by atoms with Gasteiger partial charge in [0.1, 0.15) is 0 Å². The molecule has 17 heavy (non-hydrogen) atoms. The number of halogens is 3. The number of alkyl halides is 3. The zero-order valence-corrected chi connectivity index (χ0v) is 10.1. The molecular formula is C12H20F3NO. The van der Waals surface area contributed by atoms with Gasteiger partial charge in [-0.3, -0.25) is 4.90 Å². The first-order chi connectivity index (χ1) is 7.89. The fourth-order valence-electron chi connectivity index (χ4n) is 3.02. The Morgan fingerprint density at radius 3 is 2.24 bits per heavy atom. The van der Waals surface area contributed by atoms with Gasteiger partial charge in [0.15, 0.2) is 0 Å². The van der Waals surface area contributed by atoms with Crippen molar-refractivity contribution in [3.63, 3.8) is 0 Å². The molecule has 1 N–H and O–H groups in total. The van der Waals surface area contributed by atoms with Crippen LogP contribution in [0.2, 0.25) is 0 Å². The molecule has 5 heteroatoms. The van der Waals surface area contributed by atoms with Crippen LogP contribution in [-0.2, 0) is 0 Å². The highest BCUT2D eigenvalue weighted by Crippen LogP contribution is 2.41. The largest absolute Gasteiger partial charge is 0.393 e. The van der Waals surface area contributed by atoms with Crippen LogP contribution in [0.3, 0.4) is 0 Å². The van der Waals surface area contributed by atoms with Crippen LogP contribution in [0.1, 0.15) is 38.5 Å². The van der Waals surface area contributed by atoms with Crippen molar-refractivity contribution >= 4 is 0 Å². The Balaban J connectivity index is 2.07. The quantitative estimate of drug-likeness (QED) is 0.815. The second kappa shape index (κ2) is 4.76. The van der Waals surface area contributed by atoms with Crippen LogP contribution in [0.4, 0.5) is 13.2 Å². The van der Waals surface area contributed by atoms with E-state index in [0.717, 1.165) is 19.3 Å². The molecule has 0 spiro atoms. The molecule has 2 saturated carbocycles. The molecule has 100 valence electrons. The third kappa shape index (κ3) is 2.76. The van der Waals surface area contributed by atoms with Crippen molar-refractivity contribution in [2.24, 2.45) is 5.92 Å². The van der Waals surface area contributed by atoms with Crippen LogP contribution >= 0.6 is 0 Å². The van der Waals surface area contributed by atoms with Crippen LogP contribution in [0.15, 0.2) is 0 Å². The highest BCUT2D eigenvalue weighted by atomic mass is 19.4. The molecule has 0 radical (unpaired) electrons.